The highest BCUT2D eigenvalue weighted by Crippen LogP contribution is 2.25. The van der Waals surface area contributed by atoms with Crippen LogP contribution in [0, 0.1) is 5.82 Å². The van der Waals surface area contributed by atoms with Gasteiger partial charge in [0, 0.05) is 16.7 Å². The molecule has 1 aromatic heterocycles. The van der Waals surface area contributed by atoms with E-state index in [1.807, 2.05) is 60.7 Å². The number of methoxy groups -OCH3 is 1. The highest BCUT2D eigenvalue weighted by molar-refractivity contribution is 5.84. The lowest BCUT2D eigenvalue weighted by molar-refractivity contribution is 0.414. The van der Waals surface area contributed by atoms with E-state index in [1.165, 1.54) is 12.1 Å². The fourth-order valence-electron chi connectivity index (χ4n) is 2.96. The van der Waals surface area contributed by atoms with Gasteiger partial charge in [-0.05, 0) is 42.5 Å². The molecule has 0 radical (unpaired) electrons. The zero-order valence-electron chi connectivity index (χ0n) is 16.3. The molecule has 0 saturated heterocycles. The van der Waals surface area contributed by atoms with E-state index in [0.29, 0.717) is 17.4 Å². The Hall–Kier alpha value is -4.06. The summed E-state index contributed by atoms with van der Waals surface area (Å²) in [5.74, 6) is 0.756. The summed E-state index contributed by atoms with van der Waals surface area (Å²) >= 11 is 0. The fraction of sp³-hybridized carbons (Fsp3) is 0.0417. The van der Waals surface area contributed by atoms with Crippen molar-refractivity contribution < 1.29 is 9.13 Å². The Morgan fingerprint density at radius 1 is 0.833 bits per heavy atom. The van der Waals surface area contributed by atoms with Gasteiger partial charge in [0.2, 0.25) is 5.95 Å². The predicted molar refractivity (Wildman–Crippen MR) is 117 cm³/mol. The maximum absolute atomic E-state index is 13.3. The topological polar surface area (TPSA) is 59.4 Å². The number of para-hydroxylation sites is 1. The molecule has 4 rings (SSSR count). The van der Waals surface area contributed by atoms with Crippen LogP contribution in [-0.4, -0.2) is 23.3 Å². The number of anilines is 1. The molecule has 1 heterocycles. The minimum absolute atomic E-state index is 0.296. The monoisotopic (exact) mass is 398 g/mol. The van der Waals surface area contributed by atoms with Crippen LogP contribution in [0.1, 0.15) is 5.56 Å². The van der Waals surface area contributed by atoms with Gasteiger partial charge in [0.05, 0.1) is 24.7 Å². The van der Waals surface area contributed by atoms with E-state index in [9.17, 15) is 4.39 Å². The lowest BCUT2D eigenvalue weighted by Gasteiger charge is -2.08. The van der Waals surface area contributed by atoms with E-state index in [0.717, 1.165) is 22.4 Å². The number of nitrogens with one attached hydrogen (secondary N) is 1. The molecule has 0 fully saturated rings. The van der Waals surface area contributed by atoms with E-state index in [4.69, 9.17) is 4.74 Å². The third-order valence-electron chi connectivity index (χ3n) is 4.44. The lowest BCUT2D eigenvalue weighted by atomic mass is 10.1. The van der Waals surface area contributed by atoms with Crippen molar-refractivity contribution in [1.29, 1.82) is 0 Å². The average molecular weight is 398 g/mol. The molecule has 0 aliphatic rings. The molecule has 0 aliphatic heterocycles. The summed E-state index contributed by atoms with van der Waals surface area (Å²) in [6.45, 7) is 0. The molecule has 0 aliphatic carbocycles. The number of nitrogens with zero attached hydrogens (tertiary/aromatic N) is 3. The Morgan fingerprint density at radius 2 is 1.47 bits per heavy atom. The summed E-state index contributed by atoms with van der Waals surface area (Å²) in [6, 6.07) is 25.4. The van der Waals surface area contributed by atoms with Gasteiger partial charge in [0.1, 0.15) is 11.6 Å². The molecule has 4 aromatic rings. The van der Waals surface area contributed by atoms with Gasteiger partial charge >= 0.3 is 0 Å². The summed E-state index contributed by atoms with van der Waals surface area (Å²) in [4.78, 5) is 9.12. The molecule has 0 atom stereocenters. The highest BCUT2D eigenvalue weighted by atomic mass is 19.1. The first-order valence-corrected chi connectivity index (χ1v) is 9.35. The van der Waals surface area contributed by atoms with E-state index < -0.39 is 0 Å². The maximum Gasteiger partial charge on any atom is 0.244 e. The summed E-state index contributed by atoms with van der Waals surface area (Å²) in [6.07, 6.45) is 1.65. The third kappa shape index (κ3) is 4.50. The SMILES string of the molecule is COc1ccccc1/C=N\Nc1nc(-c2ccccc2)cc(-c2ccc(F)cc2)n1. The van der Waals surface area contributed by atoms with Gasteiger partial charge in [0.25, 0.3) is 0 Å². The van der Waals surface area contributed by atoms with E-state index in [2.05, 4.69) is 20.5 Å². The number of rotatable bonds is 6. The highest BCUT2D eigenvalue weighted by Gasteiger charge is 2.09. The Morgan fingerprint density at radius 3 is 2.17 bits per heavy atom. The second kappa shape index (κ2) is 8.96. The molecule has 0 amide bonds. The van der Waals surface area contributed by atoms with Gasteiger partial charge < -0.3 is 4.74 Å². The van der Waals surface area contributed by atoms with Crippen LogP contribution in [0.5, 0.6) is 5.75 Å². The van der Waals surface area contributed by atoms with Crippen molar-refractivity contribution in [1.82, 2.24) is 9.97 Å². The summed E-state index contributed by atoms with van der Waals surface area (Å²) in [5, 5.41) is 4.26. The first kappa shape index (κ1) is 19.3. The molecule has 30 heavy (non-hydrogen) atoms. The zero-order chi connectivity index (χ0) is 20.8. The molecule has 0 unspecified atom stereocenters. The maximum atomic E-state index is 13.3. The van der Waals surface area contributed by atoms with Gasteiger partial charge in [-0.15, -0.1) is 0 Å². The molecule has 6 heteroatoms. The number of hydrogen-bond acceptors (Lipinski definition) is 5. The summed E-state index contributed by atoms with van der Waals surface area (Å²) in [7, 11) is 1.61. The van der Waals surface area contributed by atoms with Crippen LogP contribution in [-0.2, 0) is 0 Å². The smallest absolute Gasteiger partial charge is 0.244 e. The van der Waals surface area contributed by atoms with Gasteiger partial charge in [-0.2, -0.15) is 5.10 Å². The van der Waals surface area contributed by atoms with E-state index in [-0.39, 0.29) is 5.82 Å². The van der Waals surface area contributed by atoms with Crippen LogP contribution in [0.2, 0.25) is 0 Å². The number of aromatic nitrogens is 2. The van der Waals surface area contributed by atoms with Crippen molar-refractivity contribution >= 4 is 12.2 Å². The number of halogens is 1. The minimum atomic E-state index is -0.296. The van der Waals surface area contributed by atoms with Gasteiger partial charge in [-0.1, -0.05) is 42.5 Å². The molecule has 0 saturated carbocycles. The standard InChI is InChI=1S/C24H19FN4O/c1-30-23-10-6-5-9-19(23)16-26-29-24-27-21(17-7-3-2-4-8-17)15-22(28-24)18-11-13-20(25)14-12-18/h2-16H,1H3,(H,27,28,29)/b26-16-. The van der Waals surface area contributed by atoms with E-state index in [1.54, 1.807) is 25.5 Å². The van der Waals surface area contributed by atoms with E-state index >= 15 is 0 Å². The average Bonchev–Trinajstić information content (AvgIpc) is 2.80. The van der Waals surface area contributed by atoms with Gasteiger partial charge in [0.15, 0.2) is 0 Å². The molecule has 0 spiro atoms. The fourth-order valence-corrected chi connectivity index (χ4v) is 2.96. The van der Waals surface area contributed by atoms with Crippen molar-refractivity contribution in [3.8, 4) is 28.3 Å². The largest absolute Gasteiger partial charge is 0.496 e. The van der Waals surface area contributed by atoms with Gasteiger partial charge in [-0.25, -0.2) is 19.8 Å². The minimum Gasteiger partial charge on any atom is -0.496 e. The molecule has 5 nitrogen and oxygen atoms in total. The Balaban J connectivity index is 1.68. The second-order valence-electron chi connectivity index (χ2n) is 6.45. The second-order valence-corrected chi connectivity index (χ2v) is 6.45. The normalized spacial score (nSPS) is 10.9. The lowest BCUT2D eigenvalue weighted by Crippen LogP contribution is -2.00. The Kier molecular flexibility index (Phi) is 5.75. The molecule has 0 bridgehead atoms. The van der Waals surface area contributed by atoms with Crippen molar-refractivity contribution in [3.63, 3.8) is 0 Å². The van der Waals surface area contributed by atoms with Crippen LogP contribution >= 0.6 is 0 Å². The van der Waals surface area contributed by atoms with Crippen molar-refractivity contribution in [3.05, 3.63) is 96.3 Å². The third-order valence-corrected chi connectivity index (χ3v) is 4.44. The summed E-state index contributed by atoms with van der Waals surface area (Å²) in [5.41, 5.74) is 6.85. The van der Waals surface area contributed by atoms with Gasteiger partial charge in [-0.3, -0.25) is 0 Å². The first-order chi connectivity index (χ1) is 14.7. The molecule has 148 valence electrons. The molecule has 1 N–H and O–H groups in total. The van der Waals surface area contributed by atoms with Crippen LogP contribution in [0.4, 0.5) is 10.3 Å². The van der Waals surface area contributed by atoms with Crippen LogP contribution in [0.25, 0.3) is 22.5 Å². The van der Waals surface area contributed by atoms with Crippen LogP contribution in [0.15, 0.2) is 90.0 Å². The molecular formula is C24H19FN4O. The first-order valence-electron chi connectivity index (χ1n) is 9.35. The molecule has 3 aromatic carbocycles. The van der Waals surface area contributed by atoms with Crippen molar-refractivity contribution in [2.45, 2.75) is 0 Å². The number of ether oxygens (including phenoxy) is 1. The Bertz CT molecular complexity index is 1160. The number of hydrazone groups is 1. The van der Waals surface area contributed by atoms with Crippen LogP contribution in [0.3, 0.4) is 0 Å². The number of benzene rings is 3. The zero-order valence-corrected chi connectivity index (χ0v) is 16.3. The van der Waals surface area contributed by atoms with Crippen molar-refractivity contribution in [2.75, 3.05) is 12.5 Å². The number of hydrogen-bond donors (Lipinski definition) is 1. The van der Waals surface area contributed by atoms with Crippen molar-refractivity contribution in [2.24, 2.45) is 5.10 Å². The van der Waals surface area contributed by atoms with Crippen LogP contribution < -0.4 is 10.2 Å². The quantitative estimate of drug-likeness (QED) is 0.349. The summed E-state index contributed by atoms with van der Waals surface area (Å²) < 4.78 is 18.7. The Labute approximate surface area is 173 Å². The molecular weight excluding hydrogens is 379 g/mol. The predicted octanol–water partition coefficient (Wildman–Crippen LogP) is 5.40.